The highest BCUT2D eigenvalue weighted by molar-refractivity contribution is 6.04. The Morgan fingerprint density at radius 2 is 1.94 bits per heavy atom. The standard InChI is InChI=1S/C26H30N4O2/c31-26(30-10-8-29(9-11-30)17-18-5-6-18)23-14-19(13-20-7-12-32-25(20)23)15-24-22-4-2-1-3-21(22)16-27-28-24/h1-4,13-14,18,27H,5-12,15-17H2. The van der Waals surface area contributed by atoms with E-state index in [1.807, 2.05) is 11.0 Å². The molecule has 1 saturated heterocycles. The lowest BCUT2D eigenvalue weighted by atomic mass is 9.94. The highest BCUT2D eigenvalue weighted by Crippen LogP contribution is 2.33. The van der Waals surface area contributed by atoms with Gasteiger partial charge in [0.2, 0.25) is 0 Å². The molecule has 3 heterocycles. The number of carbonyl (C=O) groups is 1. The van der Waals surface area contributed by atoms with E-state index in [-0.39, 0.29) is 5.91 Å². The van der Waals surface area contributed by atoms with Gasteiger partial charge < -0.3 is 15.1 Å². The van der Waals surface area contributed by atoms with Crippen LogP contribution in [-0.4, -0.2) is 60.7 Å². The van der Waals surface area contributed by atoms with E-state index < -0.39 is 0 Å². The summed E-state index contributed by atoms with van der Waals surface area (Å²) in [5.74, 6) is 1.80. The predicted octanol–water partition coefficient (Wildman–Crippen LogP) is 2.84. The minimum absolute atomic E-state index is 0.111. The maximum Gasteiger partial charge on any atom is 0.257 e. The van der Waals surface area contributed by atoms with Crippen LogP contribution in [0.15, 0.2) is 41.5 Å². The molecular weight excluding hydrogens is 400 g/mol. The molecule has 1 amide bonds. The van der Waals surface area contributed by atoms with Crippen LogP contribution in [0.3, 0.4) is 0 Å². The van der Waals surface area contributed by atoms with E-state index >= 15 is 0 Å². The van der Waals surface area contributed by atoms with Crippen molar-refractivity contribution in [2.24, 2.45) is 11.0 Å². The summed E-state index contributed by atoms with van der Waals surface area (Å²) in [7, 11) is 0. The quantitative estimate of drug-likeness (QED) is 0.793. The molecule has 0 spiro atoms. The summed E-state index contributed by atoms with van der Waals surface area (Å²) in [6.45, 7) is 6.17. The lowest BCUT2D eigenvalue weighted by Gasteiger charge is -2.35. The fourth-order valence-corrected chi connectivity index (χ4v) is 5.17. The van der Waals surface area contributed by atoms with Crippen LogP contribution in [0.4, 0.5) is 0 Å². The first-order chi connectivity index (χ1) is 15.7. The minimum Gasteiger partial charge on any atom is -0.492 e. The topological polar surface area (TPSA) is 57.2 Å². The lowest BCUT2D eigenvalue weighted by Crippen LogP contribution is -2.49. The molecule has 1 aliphatic carbocycles. The first kappa shape index (κ1) is 19.8. The fraction of sp³-hybridized carbons (Fsp3) is 0.462. The van der Waals surface area contributed by atoms with E-state index in [1.165, 1.54) is 30.5 Å². The second-order valence-electron chi connectivity index (χ2n) is 9.49. The van der Waals surface area contributed by atoms with Crippen molar-refractivity contribution in [3.8, 4) is 5.75 Å². The van der Waals surface area contributed by atoms with Crippen LogP contribution in [0.2, 0.25) is 0 Å². The number of benzene rings is 2. The third-order valence-corrected chi connectivity index (χ3v) is 7.13. The number of fused-ring (bicyclic) bond motifs is 2. The highest BCUT2D eigenvalue weighted by Gasteiger charge is 2.30. The molecule has 6 rings (SSSR count). The van der Waals surface area contributed by atoms with Crippen LogP contribution in [0, 0.1) is 5.92 Å². The van der Waals surface area contributed by atoms with Crippen molar-refractivity contribution in [2.75, 3.05) is 39.3 Å². The number of hydrazone groups is 1. The molecule has 32 heavy (non-hydrogen) atoms. The Kier molecular flexibility index (Phi) is 5.10. The van der Waals surface area contributed by atoms with Crippen LogP contribution in [0.5, 0.6) is 5.75 Å². The molecule has 6 nitrogen and oxygen atoms in total. The smallest absolute Gasteiger partial charge is 0.257 e. The van der Waals surface area contributed by atoms with E-state index in [2.05, 4.69) is 45.8 Å². The Labute approximate surface area is 189 Å². The Balaban J connectivity index is 1.23. The predicted molar refractivity (Wildman–Crippen MR) is 124 cm³/mol. The minimum atomic E-state index is 0.111. The first-order valence-electron chi connectivity index (χ1n) is 11.9. The van der Waals surface area contributed by atoms with Crippen LogP contribution >= 0.6 is 0 Å². The zero-order chi connectivity index (χ0) is 21.5. The van der Waals surface area contributed by atoms with Crippen LogP contribution < -0.4 is 10.2 Å². The summed E-state index contributed by atoms with van der Waals surface area (Å²) in [6, 6.07) is 12.7. The molecule has 6 heteroatoms. The summed E-state index contributed by atoms with van der Waals surface area (Å²) in [5.41, 5.74) is 9.65. The van der Waals surface area contributed by atoms with Crippen molar-refractivity contribution in [2.45, 2.75) is 32.2 Å². The van der Waals surface area contributed by atoms with E-state index in [0.29, 0.717) is 13.0 Å². The highest BCUT2D eigenvalue weighted by atomic mass is 16.5. The zero-order valence-corrected chi connectivity index (χ0v) is 18.5. The van der Waals surface area contributed by atoms with E-state index in [0.717, 1.165) is 73.2 Å². The third-order valence-electron chi connectivity index (χ3n) is 7.13. The molecule has 166 valence electrons. The molecule has 0 radical (unpaired) electrons. The Bertz CT molecular complexity index is 1070. The number of hydrogen-bond acceptors (Lipinski definition) is 5. The summed E-state index contributed by atoms with van der Waals surface area (Å²) in [6.07, 6.45) is 4.31. The van der Waals surface area contributed by atoms with Gasteiger partial charge in [-0.2, -0.15) is 5.10 Å². The zero-order valence-electron chi connectivity index (χ0n) is 18.5. The average molecular weight is 431 g/mol. The van der Waals surface area contributed by atoms with Crippen molar-refractivity contribution in [3.63, 3.8) is 0 Å². The number of amides is 1. The number of rotatable bonds is 5. The summed E-state index contributed by atoms with van der Waals surface area (Å²) < 4.78 is 5.92. The Morgan fingerprint density at radius 3 is 2.78 bits per heavy atom. The molecule has 2 fully saturated rings. The van der Waals surface area contributed by atoms with Crippen LogP contribution in [0.25, 0.3) is 0 Å². The van der Waals surface area contributed by atoms with Crippen molar-refractivity contribution in [1.29, 1.82) is 0 Å². The first-order valence-corrected chi connectivity index (χ1v) is 11.9. The molecule has 2 aromatic rings. The van der Waals surface area contributed by atoms with E-state index in [1.54, 1.807) is 0 Å². The SMILES string of the molecule is O=C(c1cc(CC2=NNCc3ccccc32)cc2c1OCC2)N1CCN(CC2CC2)CC1. The largest absolute Gasteiger partial charge is 0.492 e. The maximum absolute atomic E-state index is 13.5. The second-order valence-corrected chi connectivity index (χ2v) is 9.49. The van der Waals surface area contributed by atoms with Gasteiger partial charge in [0.15, 0.2) is 0 Å². The monoisotopic (exact) mass is 430 g/mol. The third kappa shape index (κ3) is 3.88. The number of nitrogens with zero attached hydrogens (tertiary/aromatic N) is 3. The van der Waals surface area contributed by atoms with Gasteiger partial charge in [0.1, 0.15) is 5.75 Å². The molecule has 0 atom stereocenters. The number of hydrogen-bond donors (Lipinski definition) is 1. The van der Waals surface area contributed by atoms with Crippen molar-refractivity contribution >= 4 is 11.6 Å². The normalized spacial score (nSPS) is 20.1. The van der Waals surface area contributed by atoms with Gasteiger partial charge in [-0.3, -0.25) is 9.69 Å². The van der Waals surface area contributed by atoms with Gasteiger partial charge in [-0.25, -0.2) is 0 Å². The summed E-state index contributed by atoms with van der Waals surface area (Å²) in [4.78, 5) is 18.1. The van der Waals surface area contributed by atoms with Crippen LogP contribution in [-0.2, 0) is 19.4 Å². The molecule has 0 aromatic heterocycles. The maximum atomic E-state index is 13.5. The molecule has 1 N–H and O–H groups in total. The van der Waals surface area contributed by atoms with Gasteiger partial charge in [0.25, 0.3) is 5.91 Å². The van der Waals surface area contributed by atoms with Crippen LogP contribution in [0.1, 0.15) is 45.5 Å². The van der Waals surface area contributed by atoms with Gasteiger partial charge >= 0.3 is 0 Å². The van der Waals surface area contributed by atoms with Crippen molar-refractivity contribution in [3.05, 3.63) is 64.2 Å². The van der Waals surface area contributed by atoms with Crippen molar-refractivity contribution < 1.29 is 9.53 Å². The van der Waals surface area contributed by atoms with Gasteiger partial charge in [-0.15, -0.1) is 0 Å². The lowest BCUT2D eigenvalue weighted by molar-refractivity contribution is 0.0628. The summed E-state index contributed by atoms with van der Waals surface area (Å²) in [5, 5.41) is 4.60. The molecule has 0 bridgehead atoms. The molecule has 2 aromatic carbocycles. The van der Waals surface area contributed by atoms with E-state index in [4.69, 9.17) is 4.74 Å². The second kappa shape index (κ2) is 8.24. The number of nitrogens with one attached hydrogen (secondary N) is 1. The molecule has 3 aliphatic heterocycles. The van der Waals surface area contributed by atoms with Crippen molar-refractivity contribution in [1.82, 2.24) is 15.2 Å². The van der Waals surface area contributed by atoms with Gasteiger partial charge in [0, 0.05) is 51.1 Å². The fourth-order valence-electron chi connectivity index (χ4n) is 5.17. The number of ether oxygens (including phenoxy) is 1. The molecule has 4 aliphatic rings. The molecule has 0 unspecified atom stereocenters. The Morgan fingerprint density at radius 1 is 1.09 bits per heavy atom. The van der Waals surface area contributed by atoms with Gasteiger partial charge in [-0.05, 0) is 41.5 Å². The van der Waals surface area contributed by atoms with E-state index in [9.17, 15) is 4.79 Å². The average Bonchev–Trinajstić information content (AvgIpc) is 3.52. The summed E-state index contributed by atoms with van der Waals surface area (Å²) >= 11 is 0. The van der Waals surface area contributed by atoms with Gasteiger partial charge in [0.05, 0.1) is 24.4 Å². The molecule has 1 saturated carbocycles. The molecular formula is C26H30N4O2. The van der Waals surface area contributed by atoms with Gasteiger partial charge in [-0.1, -0.05) is 30.3 Å². The number of piperazine rings is 1. The number of carbonyl (C=O) groups excluding carboxylic acids is 1. The Hall–Kier alpha value is -2.86.